The normalized spacial score (nSPS) is 12.2. The van der Waals surface area contributed by atoms with Crippen LogP contribution in [0.1, 0.15) is 27.7 Å². The molecule has 0 saturated carbocycles. The van der Waals surface area contributed by atoms with Gasteiger partial charge >= 0.3 is 15.6 Å². The van der Waals surface area contributed by atoms with Crippen LogP contribution in [0.5, 0.6) is 0 Å². The van der Waals surface area contributed by atoms with E-state index >= 15 is 0 Å². The van der Waals surface area contributed by atoms with Crippen molar-refractivity contribution in [2.45, 2.75) is 33.8 Å². The van der Waals surface area contributed by atoms with Crippen LogP contribution in [-0.4, -0.2) is 34.0 Å². The topological polar surface area (TPSA) is 123 Å². The van der Waals surface area contributed by atoms with Gasteiger partial charge in [-0.15, -0.1) is 0 Å². The Hall–Kier alpha value is 0.220. The van der Waals surface area contributed by atoms with Gasteiger partial charge in [0.05, 0.1) is 19.3 Å². The minimum atomic E-state index is -4.22. The predicted molar refractivity (Wildman–Crippen MR) is 61.3 cm³/mol. The lowest BCUT2D eigenvalue weighted by molar-refractivity contribution is 0.156. The van der Waals surface area contributed by atoms with E-state index in [1.165, 1.54) is 0 Å². The van der Waals surface area contributed by atoms with E-state index in [1.54, 1.807) is 27.7 Å². The maximum absolute atomic E-state index is 10.5. The molecule has 0 aliphatic heterocycles. The molecule has 0 spiro atoms. The lowest BCUT2D eigenvalue weighted by Crippen LogP contribution is -1.98. The van der Waals surface area contributed by atoms with E-state index in [4.69, 9.17) is 14.7 Å². The van der Waals surface area contributed by atoms with Crippen LogP contribution in [0, 0.1) is 0 Å². The molecule has 0 aliphatic rings. The minimum absolute atomic E-state index is 0.188. The van der Waals surface area contributed by atoms with Crippen molar-refractivity contribution in [1.29, 1.82) is 0 Å². The molecule has 0 rings (SSSR count). The molecule has 0 saturated heterocycles. The summed E-state index contributed by atoms with van der Waals surface area (Å²) in [4.78, 5) is 24.8. The number of phosphoric acid groups is 2. The summed E-state index contributed by atoms with van der Waals surface area (Å²) in [5.74, 6) is 0. The van der Waals surface area contributed by atoms with Crippen molar-refractivity contribution in [1.82, 2.24) is 0 Å². The van der Waals surface area contributed by atoms with Gasteiger partial charge in [0.1, 0.15) is 0 Å². The zero-order valence-corrected chi connectivity index (χ0v) is 12.1. The summed E-state index contributed by atoms with van der Waals surface area (Å²) in [6.07, 6.45) is -0.421. The molecule has 0 aromatic carbocycles. The third-order valence-corrected chi connectivity index (χ3v) is 2.80. The van der Waals surface area contributed by atoms with Crippen molar-refractivity contribution in [2.24, 2.45) is 0 Å². The van der Waals surface area contributed by atoms with Crippen LogP contribution in [0.2, 0.25) is 0 Å². The van der Waals surface area contributed by atoms with Gasteiger partial charge in [0.2, 0.25) is 0 Å². The van der Waals surface area contributed by atoms with Gasteiger partial charge in [0, 0.05) is 0 Å². The SMILES string of the molecule is CC(C)OP(=O)(O)O.CCOP(=O)(O)OCC. The van der Waals surface area contributed by atoms with Crippen molar-refractivity contribution in [2.75, 3.05) is 13.2 Å². The summed E-state index contributed by atoms with van der Waals surface area (Å²) in [6, 6.07) is 0. The average molecular weight is 294 g/mol. The maximum atomic E-state index is 10.5. The van der Waals surface area contributed by atoms with Crippen LogP contribution in [-0.2, 0) is 22.7 Å². The van der Waals surface area contributed by atoms with E-state index < -0.39 is 21.7 Å². The second kappa shape index (κ2) is 9.19. The molecule has 0 unspecified atom stereocenters. The van der Waals surface area contributed by atoms with Gasteiger partial charge < -0.3 is 14.7 Å². The van der Waals surface area contributed by atoms with Gasteiger partial charge in [0.15, 0.2) is 0 Å². The van der Waals surface area contributed by atoms with Crippen LogP contribution >= 0.6 is 15.6 Å². The highest BCUT2D eigenvalue weighted by Crippen LogP contribution is 2.42. The van der Waals surface area contributed by atoms with Crippen LogP contribution < -0.4 is 0 Å². The van der Waals surface area contributed by atoms with Crippen LogP contribution in [0.4, 0.5) is 0 Å². The molecule has 0 aromatic rings. The fourth-order valence-electron chi connectivity index (χ4n) is 0.638. The number of hydrogen-bond acceptors (Lipinski definition) is 5. The number of rotatable bonds is 6. The van der Waals surface area contributed by atoms with Crippen LogP contribution in [0.15, 0.2) is 0 Å². The quantitative estimate of drug-likeness (QED) is 0.632. The molecule has 0 amide bonds. The average Bonchev–Trinajstić information content (AvgIpc) is 1.98. The summed E-state index contributed by atoms with van der Waals surface area (Å²) >= 11 is 0. The Morgan fingerprint density at radius 2 is 1.35 bits per heavy atom. The fourth-order valence-corrected chi connectivity index (χ4v) is 1.91. The van der Waals surface area contributed by atoms with Gasteiger partial charge in [-0.05, 0) is 27.7 Å². The Balaban J connectivity index is 0. The molecule has 10 heteroatoms. The Morgan fingerprint density at radius 3 is 1.47 bits per heavy atom. The van der Waals surface area contributed by atoms with Crippen molar-refractivity contribution < 1.29 is 37.4 Å². The van der Waals surface area contributed by atoms with Gasteiger partial charge in [-0.1, -0.05) is 0 Å². The summed E-state index contributed by atoms with van der Waals surface area (Å²) in [5.41, 5.74) is 0. The summed E-state index contributed by atoms with van der Waals surface area (Å²) in [6.45, 7) is 6.74. The standard InChI is InChI=1S/C4H11O4P.C3H9O4P/c1-3-7-9(5,6)8-4-2;1-3(2)7-8(4,5)6/h3-4H2,1-2H3,(H,5,6);3H,1-2H3,(H2,4,5,6). The molecule has 0 bridgehead atoms. The molecule has 8 nitrogen and oxygen atoms in total. The summed E-state index contributed by atoms with van der Waals surface area (Å²) < 4.78 is 33.3. The fraction of sp³-hybridized carbons (Fsp3) is 1.00. The molecule has 0 radical (unpaired) electrons. The van der Waals surface area contributed by atoms with Crippen LogP contribution in [0.3, 0.4) is 0 Å². The van der Waals surface area contributed by atoms with Gasteiger partial charge in [-0.3, -0.25) is 13.6 Å². The molecule has 0 atom stereocenters. The van der Waals surface area contributed by atoms with E-state index in [0.717, 1.165) is 0 Å². The molecule has 3 N–H and O–H groups in total. The summed E-state index contributed by atoms with van der Waals surface area (Å²) in [7, 11) is -7.91. The van der Waals surface area contributed by atoms with Crippen molar-refractivity contribution in [3.05, 3.63) is 0 Å². The number of phosphoric ester groups is 2. The highest BCUT2D eigenvalue weighted by molar-refractivity contribution is 7.47. The lowest BCUT2D eigenvalue weighted by Gasteiger charge is -2.07. The van der Waals surface area contributed by atoms with Gasteiger partial charge in [0.25, 0.3) is 0 Å². The monoisotopic (exact) mass is 294 g/mol. The Kier molecular flexibility index (Phi) is 10.6. The third kappa shape index (κ3) is 18.8. The van der Waals surface area contributed by atoms with E-state index in [9.17, 15) is 9.13 Å². The largest absolute Gasteiger partial charge is 0.472 e. The van der Waals surface area contributed by atoms with E-state index in [-0.39, 0.29) is 13.2 Å². The zero-order chi connectivity index (χ0) is 14.1. The van der Waals surface area contributed by atoms with Gasteiger partial charge in [-0.25, -0.2) is 9.13 Å². The first-order chi connectivity index (χ1) is 7.54. The first kappa shape index (κ1) is 19.6. The first-order valence-electron chi connectivity index (χ1n) is 4.89. The smallest absolute Gasteiger partial charge is 0.303 e. The Morgan fingerprint density at radius 1 is 1.00 bits per heavy atom. The molecule has 0 fully saturated rings. The molecular formula is C7H20O8P2. The lowest BCUT2D eigenvalue weighted by atomic mass is 10.5. The number of hydrogen-bond donors (Lipinski definition) is 3. The Bertz CT molecular complexity index is 263. The highest BCUT2D eigenvalue weighted by atomic mass is 31.2. The van der Waals surface area contributed by atoms with E-state index in [0.29, 0.717) is 0 Å². The van der Waals surface area contributed by atoms with E-state index in [2.05, 4.69) is 13.6 Å². The molecule has 17 heavy (non-hydrogen) atoms. The van der Waals surface area contributed by atoms with Crippen molar-refractivity contribution >= 4 is 15.6 Å². The molecule has 106 valence electrons. The first-order valence-corrected chi connectivity index (χ1v) is 7.92. The minimum Gasteiger partial charge on any atom is -0.303 e. The summed E-state index contributed by atoms with van der Waals surface area (Å²) in [5, 5.41) is 0. The zero-order valence-electron chi connectivity index (χ0n) is 10.3. The molecule has 0 aliphatic carbocycles. The predicted octanol–water partition coefficient (Wildman–Crippen LogP) is 1.66. The highest BCUT2D eigenvalue weighted by Gasteiger charge is 2.17. The molecular weight excluding hydrogens is 274 g/mol. The third-order valence-electron chi connectivity index (χ3n) is 0.933. The Labute approximate surface area is 101 Å². The van der Waals surface area contributed by atoms with E-state index in [1.807, 2.05) is 0 Å². The van der Waals surface area contributed by atoms with Gasteiger partial charge in [-0.2, -0.15) is 0 Å². The molecule has 0 heterocycles. The maximum Gasteiger partial charge on any atom is 0.472 e. The van der Waals surface area contributed by atoms with Crippen molar-refractivity contribution in [3.63, 3.8) is 0 Å². The second-order valence-electron chi connectivity index (χ2n) is 2.95. The van der Waals surface area contributed by atoms with Crippen LogP contribution in [0.25, 0.3) is 0 Å². The second-order valence-corrected chi connectivity index (χ2v) is 5.59. The molecule has 0 aromatic heterocycles. The van der Waals surface area contributed by atoms with Crippen molar-refractivity contribution in [3.8, 4) is 0 Å².